The zero-order chi connectivity index (χ0) is 13.7. The summed E-state index contributed by atoms with van der Waals surface area (Å²) in [6.45, 7) is 5.16. The van der Waals surface area contributed by atoms with Gasteiger partial charge in [-0.15, -0.1) is 0 Å². The van der Waals surface area contributed by atoms with Crippen LogP contribution < -0.4 is 0 Å². The Labute approximate surface area is 114 Å². The van der Waals surface area contributed by atoms with Crippen LogP contribution in [0.2, 0.25) is 0 Å². The maximum atomic E-state index is 11.8. The molecule has 1 aromatic carbocycles. The normalized spacial score (nSPS) is 18.3. The highest BCUT2D eigenvalue weighted by Crippen LogP contribution is 2.30. The molecule has 0 aromatic heterocycles. The van der Waals surface area contributed by atoms with Crippen LogP contribution in [-0.2, 0) is 9.53 Å². The lowest BCUT2D eigenvalue weighted by atomic mass is 10.0. The number of nitrogens with zero attached hydrogens (tertiary/aromatic N) is 2. The summed E-state index contributed by atoms with van der Waals surface area (Å²) < 4.78 is 5.04. The standard InChI is InChI=1S/C15H20N2O2/c1-3-10-17-14(12-8-6-5-7-9-12)11-13(16-17)15(18)19-4-2/h5-9,14H,3-4,10-11H2,1-2H3. The first-order valence-corrected chi connectivity index (χ1v) is 6.82. The summed E-state index contributed by atoms with van der Waals surface area (Å²) in [6, 6.07) is 10.3. The van der Waals surface area contributed by atoms with Gasteiger partial charge in [-0.3, -0.25) is 5.01 Å². The summed E-state index contributed by atoms with van der Waals surface area (Å²) in [4.78, 5) is 11.8. The largest absolute Gasteiger partial charge is 0.461 e. The van der Waals surface area contributed by atoms with Crippen molar-refractivity contribution in [2.45, 2.75) is 32.7 Å². The van der Waals surface area contributed by atoms with E-state index in [0.717, 1.165) is 13.0 Å². The smallest absolute Gasteiger partial charge is 0.354 e. The van der Waals surface area contributed by atoms with Crippen LogP contribution in [0.5, 0.6) is 0 Å². The van der Waals surface area contributed by atoms with Gasteiger partial charge in [-0.25, -0.2) is 4.79 Å². The van der Waals surface area contributed by atoms with Gasteiger partial charge in [0, 0.05) is 13.0 Å². The molecule has 4 heteroatoms. The molecule has 0 radical (unpaired) electrons. The lowest BCUT2D eigenvalue weighted by Gasteiger charge is -2.23. The lowest BCUT2D eigenvalue weighted by molar-refractivity contribution is -0.135. The maximum absolute atomic E-state index is 11.8. The number of hydrazone groups is 1. The molecule has 1 unspecified atom stereocenters. The minimum Gasteiger partial charge on any atom is -0.461 e. The van der Waals surface area contributed by atoms with Crippen molar-refractivity contribution in [2.24, 2.45) is 5.10 Å². The number of benzene rings is 1. The van der Waals surface area contributed by atoms with Crippen LogP contribution in [0.3, 0.4) is 0 Å². The van der Waals surface area contributed by atoms with Crippen molar-refractivity contribution in [1.82, 2.24) is 5.01 Å². The van der Waals surface area contributed by atoms with E-state index in [1.807, 2.05) is 30.1 Å². The van der Waals surface area contributed by atoms with Crippen molar-refractivity contribution in [3.63, 3.8) is 0 Å². The number of esters is 1. The zero-order valence-electron chi connectivity index (χ0n) is 11.5. The molecule has 0 bridgehead atoms. The SMILES string of the molecule is CCCN1N=C(C(=O)OCC)CC1c1ccccc1. The molecule has 19 heavy (non-hydrogen) atoms. The van der Waals surface area contributed by atoms with Crippen LogP contribution in [0.4, 0.5) is 0 Å². The Morgan fingerprint density at radius 3 is 2.74 bits per heavy atom. The molecule has 102 valence electrons. The number of carbonyl (C=O) groups excluding carboxylic acids is 1. The Morgan fingerprint density at radius 2 is 2.11 bits per heavy atom. The third-order valence-corrected chi connectivity index (χ3v) is 3.14. The number of ether oxygens (including phenoxy) is 1. The van der Waals surface area contributed by atoms with Gasteiger partial charge in [0.25, 0.3) is 0 Å². The average Bonchev–Trinajstić information content (AvgIpc) is 2.85. The van der Waals surface area contributed by atoms with E-state index in [1.54, 1.807) is 0 Å². The topological polar surface area (TPSA) is 41.9 Å². The average molecular weight is 260 g/mol. The monoisotopic (exact) mass is 260 g/mol. The molecule has 0 spiro atoms. The Balaban J connectivity index is 2.16. The second-order valence-corrected chi connectivity index (χ2v) is 4.56. The van der Waals surface area contributed by atoms with E-state index in [-0.39, 0.29) is 12.0 Å². The summed E-state index contributed by atoms with van der Waals surface area (Å²) in [5, 5.41) is 6.43. The molecule has 1 atom stereocenters. The Hall–Kier alpha value is -1.84. The zero-order valence-corrected chi connectivity index (χ0v) is 11.5. The van der Waals surface area contributed by atoms with E-state index in [9.17, 15) is 4.79 Å². The van der Waals surface area contributed by atoms with Crippen LogP contribution in [0.15, 0.2) is 35.4 Å². The van der Waals surface area contributed by atoms with Gasteiger partial charge in [0.1, 0.15) is 5.71 Å². The number of carbonyl (C=O) groups is 1. The molecule has 0 aliphatic carbocycles. The number of hydrogen-bond donors (Lipinski definition) is 0. The van der Waals surface area contributed by atoms with Crippen LogP contribution in [-0.4, -0.2) is 29.8 Å². The minimum atomic E-state index is -0.290. The molecule has 2 rings (SSSR count). The summed E-state index contributed by atoms with van der Waals surface area (Å²) in [5.74, 6) is -0.290. The third kappa shape index (κ3) is 3.13. The molecule has 1 aliphatic heterocycles. The number of hydrogen-bond acceptors (Lipinski definition) is 4. The van der Waals surface area contributed by atoms with Crippen LogP contribution >= 0.6 is 0 Å². The molecule has 0 saturated carbocycles. The molecule has 1 aromatic rings. The van der Waals surface area contributed by atoms with Crippen LogP contribution in [0.1, 0.15) is 38.3 Å². The van der Waals surface area contributed by atoms with Gasteiger partial charge >= 0.3 is 5.97 Å². The fraction of sp³-hybridized carbons (Fsp3) is 0.467. The molecular weight excluding hydrogens is 240 g/mol. The predicted octanol–water partition coefficient (Wildman–Crippen LogP) is 2.76. The second kappa shape index (κ2) is 6.36. The molecule has 1 aliphatic rings. The van der Waals surface area contributed by atoms with Crippen LogP contribution in [0.25, 0.3) is 0 Å². The highest BCUT2D eigenvalue weighted by molar-refractivity contribution is 6.36. The quantitative estimate of drug-likeness (QED) is 0.764. The van der Waals surface area contributed by atoms with E-state index in [1.165, 1.54) is 5.56 Å². The highest BCUT2D eigenvalue weighted by Gasteiger charge is 2.31. The Morgan fingerprint density at radius 1 is 1.37 bits per heavy atom. The first-order valence-electron chi connectivity index (χ1n) is 6.82. The molecule has 0 fully saturated rings. The van der Waals surface area contributed by atoms with Gasteiger partial charge in [-0.2, -0.15) is 5.10 Å². The molecular formula is C15H20N2O2. The molecule has 4 nitrogen and oxygen atoms in total. The molecule has 1 heterocycles. The molecule has 0 N–H and O–H groups in total. The van der Waals surface area contributed by atoms with Crippen molar-refractivity contribution >= 4 is 11.7 Å². The van der Waals surface area contributed by atoms with Crippen molar-refractivity contribution < 1.29 is 9.53 Å². The van der Waals surface area contributed by atoms with Crippen LogP contribution in [0, 0.1) is 0 Å². The maximum Gasteiger partial charge on any atom is 0.354 e. The number of rotatable bonds is 5. The van der Waals surface area contributed by atoms with Crippen molar-refractivity contribution in [3.8, 4) is 0 Å². The minimum absolute atomic E-state index is 0.153. The van der Waals surface area contributed by atoms with Gasteiger partial charge in [0.05, 0.1) is 12.6 Å². The Bertz CT molecular complexity index is 456. The van der Waals surface area contributed by atoms with Gasteiger partial charge in [-0.1, -0.05) is 37.3 Å². The van der Waals surface area contributed by atoms with E-state index < -0.39 is 0 Å². The first-order chi connectivity index (χ1) is 9.26. The molecule has 0 saturated heterocycles. The molecule has 0 amide bonds. The Kier molecular flexibility index (Phi) is 4.55. The first kappa shape index (κ1) is 13.6. The summed E-state index contributed by atoms with van der Waals surface area (Å²) >= 11 is 0. The van der Waals surface area contributed by atoms with Gasteiger partial charge in [0.15, 0.2) is 0 Å². The van der Waals surface area contributed by atoms with E-state index in [2.05, 4.69) is 24.2 Å². The fourth-order valence-corrected chi connectivity index (χ4v) is 2.29. The van der Waals surface area contributed by atoms with Crippen molar-refractivity contribution in [1.29, 1.82) is 0 Å². The predicted molar refractivity (Wildman–Crippen MR) is 74.9 cm³/mol. The summed E-state index contributed by atoms with van der Waals surface area (Å²) in [6.07, 6.45) is 1.63. The van der Waals surface area contributed by atoms with Gasteiger partial charge in [-0.05, 0) is 18.9 Å². The second-order valence-electron chi connectivity index (χ2n) is 4.56. The highest BCUT2D eigenvalue weighted by atomic mass is 16.5. The van der Waals surface area contributed by atoms with E-state index >= 15 is 0 Å². The van der Waals surface area contributed by atoms with Crippen molar-refractivity contribution in [3.05, 3.63) is 35.9 Å². The lowest BCUT2D eigenvalue weighted by Crippen LogP contribution is -2.20. The summed E-state index contributed by atoms with van der Waals surface area (Å²) in [7, 11) is 0. The van der Waals surface area contributed by atoms with Gasteiger partial charge < -0.3 is 4.74 Å². The summed E-state index contributed by atoms with van der Waals surface area (Å²) in [5.41, 5.74) is 1.73. The fourth-order valence-electron chi connectivity index (χ4n) is 2.29. The third-order valence-electron chi connectivity index (χ3n) is 3.14. The van der Waals surface area contributed by atoms with E-state index in [0.29, 0.717) is 18.7 Å². The van der Waals surface area contributed by atoms with Crippen molar-refractivity contribution in [2.75, 3.05) is 13.2 Å². The van der Waals surface area contributed by atoms with E-state index in [4.69, 9.17) is 4.74 Å². The van der Waals surface area contributed by atoms with Gasteiger partial charge in [0.2, 0.25) is 0 Å².